The van der Waals surface area contributed by atoms with E-state index >= 15 is 0 Å². The first-order valence-electron chi connectivity index (χ1n) is 6.21. The maximum absolute atomic E-state index is 13.0. The normalized spacial score (nSPS) is 12.0. The smallest absolute Gasteiger partial charge is 0.281 e. The first-order chi connectivity index (χ1) is 11.6. The molecule has 0 spiro atoms. The Balaban J connectivity index is 2.67. The van der Waals surface area contributed by atoms with Gasteiger partial charge in [-0.05, 0) is 12.1 Å². The summed E-state index contributed by atoms with van der Waals surface area (Å²) in [6.07, 6.45) is 0. The fourth-order valence-electron chi connectivity index (χ4n) is 1.84. The van der Waals surface area contributed by atoms with Crippen molar-refractivity contribution in [1.82, 2.24) is 14.3 Å². The Kier molecular flexibility index (Phi) is 6.21. The Labute approximate surface area is 160 Å². The Morgan fingerprint density at radius 1 is 1.20 bits per heavy atom. The van der Waals surface area contributed by atoms with E-state index in [0.717, 1.165) is 12.1 Å². The van der Waals surface area contributed by atoms with Crippen LogP contribution in [0.2, 0.25) is 10.0 Å². The van der Waals surface area contributed by atoms with Crippen LogP contribution < -0.4 is 10.4 Å². The number of hydrogen-bond acceptors (Lipinski definition) is 4. The van der Waals surface area contributed by atoms with Crippen molar-refractivity contribution in [3.8, 4) is 5.69 Å². The fraction of sp³-hybridized carbons (Fsp3) is 0.273. The van der Waals surface area contributed by atoms with Gasteiger partial charge in [-0.2, -0.15) is 13.5 Å². The zero-order valence-electron chi connectivity index (χ0n) is 11.9. The summed E-state index contributed by atoms with van der Waals surface area (Å²) in [5.74, 6) is -0.848. The number of anilines is 1. The van der Waals surface area contributed by atoms with Crippen molar-refractivity contribution in [2.75, 3.05) is 9.93 Å². The molecule has 0 aliphatic rings. The molecule has 2 aromatic rings. The summed E-state index contributed by atoms with van der Waals surface area (Å²) in [6.45, 7) is -3.17. The lowest BCUT2D eigenvalue weighted by atomic mass is 10.3. The molecule has 0 radical (unpaired) electrons. The van der Waals surface area contributed by atoms with E-state index in [1.165, 1.54) is 0 Å². The Bertz CT molecular complexity index is 961. The zero-order chi connectivity index (χ0) is 18.9. The fourth-order valence-corrected chi connectivity index (χ4v) is 3.31. The molecule has 2 rings (SSSR count). The predicted molar refractivity (Wildman–Crippen MR) is 91.9 cm³/mol. The first kappa shape index (κ1) is 20.2. The molecule has 1 heterocycles. The molecule has 0 bridgehead atoms. The molecule has 0 saturated carbocycles. The van der Waals surface area contributed by atoms with Gasteiger partial charge in [-0.1, -0.05) is 23.2 Å². The van der Waals surface area contributed by atoms with Gasteiger partial charge in [0.1, 0.15) is 5.21 Å². The summed E-state index contributed by atoms with van der Waals surface area (Å²) in [7, 11) is -3.90. The molecule has 0 saturated heterocycles. The highest BCUT2D eigenvalue weighted by atomic mass is 35.5. The maximum Gasteiger partial charge on any atom is 0.355 e. The number of aromatic nitrogens is 3. The van der Waals surface area contributed by atoms with E-state index in [1.54, 1.807) is 0 Å². The van der Waals surface area contributed by atoms with Gasteiger partial charge in [-0.15, -0.1) is 28.3 Å². The van der Waals surface area contributed by atoms with Crippen molar-refractivity contribution < 1.29 is 17.2 Å². The molecule has 0 aliphatic carbocycles. The van der Waals surface area contributed by atoms with E-state index in [1.807, 2.05) is 0 Å². The molecule has 7 nitrogen and oxygen atoms in total. The molecule has 1 N–H and O–H groups in total. The molecule has 0 fully saturated rings. The van der Waals surface area contributed by atoms with Crippen LogP contribution in [0.15, 0.2) is 16.9 Å². The number of nitrogens with zero attached hydrogens (tertiary/aromatic N) is 3. The average molecular weight is 456 g/mol. The highest BCUT2D eigenvalue weighted by Crippen LogP contribution is 2.32. The Morgan fingerprint density at radius 3 is 2.32 bits per heavy atom. The molecule has 0 atom stereocenters. The molecule has 14 heteroatoms. The number of benzene rings is 1. The summed E-state index contributed by atoms with van der Waals surface area (Å²) in [5.41, 5.74) is -1.54. The van der Waals surface area contributed by atoms with Crippen LogP contribution in [0, 0.1) is 0 Å². The quantitative estimate of drug-likeness (QED) is 0.676. The van der Waals surface area contributed by atoms with Crippen LogP contribution in [0.3, 0.4) is 0 Å². The topological polar surface area (TPSA) is 86.0 Å². The second-order valence-electron chi connectivity index (χ2n) is 4.50. The van der Waals surface area contributed by atoms with E-state index in [0.29, 0.717) is 4.68 Å². The van der Waals surface area contributed by atoms with Gasteiger partial charge in [0.25, 0.3) is 0 Å². The molecular formula is C11H8Cl4F2N4O3S. The molecule has 138 valence electrons. The van der Waals surface area contributed by atoms with Crippen LogP contribution in [0.25, 0.3) is 5.69 Å². The van der Waals surface area contributed by atoms with Crippen molar-refractivity contribution in [2.24, 2.45) is 0 Å². The molecule has 0 amide bonds. The molecular weight excluding hydrogens is 448 g/mol. The van der Waals surface area contributed by atoms with Gasteiger partial charge in [-0.25, -0.2) is 17.8 Å². The maximum atomic E-state index is 13.0. The number of sulfonamides is 1. The molecule has 1 aromatic heterocycles. The molecule has 25 heavy (non-hydrogen) atoms. The van der Waals surface area contributed by atoms with Crippen molar-refractivity contribution in [3.05, 3.63) is 38.5 Å². The lowest BCUT2D eigenvalue weighted by Gasteiger charge is -2.11. The van der Waals surface area contributed by atoms with E-state index in [2.05, 4.69) is 9.82 Å². The van der Waals surface area contributed by atoms with Crippen LogP contribution in [-0.4, -0.2) is 28.0 Å². The lowest BCUT2D eigenvalue weighted by molar-refractivity contribution is 0.0637. The Morgan fingerprint density at radius 2 is 1.84 bits per heavy atom. The predicted octanol–water partition coefficient (Wildman–Crippen LogP) is 3.41. The van der Waals surface area contributed by atoms with Gasteiger partial charge in [0.15, 0.2) is 5.82 Å². The van der Waals surface area contributed by atoms with Crippen molar-refractivity contribution in [1.29, 1.82) is 0 Å². The lowest BCUT2D eigenvalue weighted by Crippen LogP contribution is -2.25. The second kappa shape index (κ2) is 7.67. The minimum atomic E-state index is -3.90. The summed E-state index contributed by atoms with van der Waals surface area (Å²) in [5, 5.41) is 2.72. The minimum absolute atomic E-state index is 0.0839. The second-order valence-corrected chi connectivity index (χ2v) is 7.89. The highest BCUT2D eigenvalue weighted by Gasteiger charge is 2.23. The van der Waals surface area contributed by atoms with Gasteiger partial charge in [0.2, 0.25) is 10.0 Å². The van der Waals surface area contributed by atoms with Gasteiger partial charge in [-0.3, -0.25) is 4.72 Å². The van der Waals surface area contributed by atoms with Gasteiger partial charge in [0, 0.05) is 0 Å². The third kappa shape index (κ3) is 4.20. The zero-order valence-corrected chi connectivity index (χ0v) is 15.7. The third-order valence-corrected chi connectivity index (χ3v) is 5.40. The summed E-state index contributed by atoms with van der Waals surface area (Å²) >= 11 is 22.7. The van der Waals surface area contributed by atoms with E-state index in [4.69, 9.17) is 46.4 Å². The summed E-state index contributed by atoms with van der Waals surface area (Å²) in [6, 6.07) is 2.19. The largest absolute Gasteiger partial charge is 0.355 e. The van der Waals surface area contributed by atoms with Gasteiger partial charge >= 0.3 is 12.2 Å². The summed E-state index contributed by atoms with van der Waals surface area (Å²) in [4.78, 5) is 12.2. The SMILES string of the molecule is O=c1n(-c2cc(NS(=O)(=O)CCl)c(Cl)cc2Cl)nc(CCl)n1C(F)F. The standard InChI is InChI=1S/C11H8Cl4F2N4O3S/c12-3-9-18-21(11(22)20(9)10(16)17)8-2-7(5(14)1-6(8)15)19-25(23,24)4-13/h1-2,10,19H,3-4H2. The van der Waals surface area contributed by atoms with Gasteiger partial charge < -0.3 is 0 Å². The van der Waals surface area contributed by atoms with Crippen LogP contribution in [0.1, 0.15) is 12.4 Å². The first-order valence-corrected chi connectivity index (χ1v) is 9.69. The van der Waals surface area contributed by atoms with Crippen molar-refractivity contribution in [3.63, 3.8) is 0 Å². The number of halogens is 6. The van der Waals surface area contributed by atoms with Crippen LogP contribution in [-0.2, 0) is 15.9 Å². The van der Waals surface area contributed by atoms with Crippen molar-refractivity contribution in [2.45, 2.75) is 12.4 Å². The molecule has 0 aliphatic heterocycles. The van der Waals surface area contributed by atoms with Gasteiger partial charge in [0.05, 0.1) is 27.3 Å². The minimum Gasteiger partial charge on any atom is -0.281 e. The molecule has 0 unspecified atom stereocenters. The number of hydrogen-bond donors (Lipinski definition) is 1. The number of rotatable bonds is 6. The van der Waals surface area contributed by atoms with Crippen molar-refractivity contribution >= 4 is 62.1 Å². The van der Waals surface area contributed by atoms with Crippen LogP contribution in [0.5, 0.6) is 0 Å². The molecule has 1 aromatic carbocycles. The third-order valence-electron chi connectivity index (χ3n) is 2.87. The van der Waals surface area contributed by atoms with E-state index < -0.39 is 39.2 Å². The number of nitrogens with one attached hydrogen (secondary N) is 1. The average Bonchev–Trinajstić information content (AvgIpc) is 2.86. The van der Waals surface area contributed by atoms with E-state index in [9.17, 15) is 22.0 Å². The summed E-state index contributed by atoms with van der Waals surface area (Å²) < 4.78 is 51.9. The van der Waals surface area contributed by atoms with Crippen LogP contribution >= 0.6 is 46.4 Å². The Hall–Kier alpha value is -1.07. The highest BCUT2D eigenvalue weighted by molar-refractivity contribution is 7.93. The van der Waals surface area contributed by atoms with Crippen LogP contribution in [0.4, 0.5) is 14.5 Å². The number of alkyl halides is 4. The monoisotopic (exact) mass is 454 g/mol. The van der Waals surface area contributed by atoms with E-state index in [-0.39, 0.29) is 26.0 Å².